The van der Waals surface area contributed by atoms with E-state index >= 15 is 0 Å². The molecule has 0 fully saturated rings. The van der Waals surface area contributed by atoms with Gasteiger partial charge in [0.2, 0.25) is 0 Å². The summed E-state index contributed by atoms with van der Waals surface area (Å²) in [5.41, 5.74) is 3.30. The predicted octanol–water partition coefficient (Wildman–Crippen LogP) is 3.78. The highest BCUT2D eigenvalue weighted by molar-refractivity contribution is 5.73. The molecule has 3 nitrogen and oxygen atoms in total. The molecule has 0 saturated heterocycles. The first-order valence-electron chi connectivity index (χ1n) is 6.62. The number of hydrogen-bond donors (Lipinski definition) is 2. The summed E-state index contributed by atoms with van der Waals surface area (Å²) in [6, 6.07) is 6.31. The van der Waals surface area contributed by atoms with Crippen molar-refractivity contribution in [3.63, 3.8) is 0 Å². The van der Waals surface area contributed by atoms with E-state index in [1.165, 1.54) is 5.56 Å². The van der Waals surface area contributed by atoms with Gasteiger partial charge in [0, 0.05) is 5.69 Å². The summed E-state index contributed by atoms with van der Waals surface area (Å²) in [6.07, 6.45) is 0. The van der Waals surface area contributed by atoms with Crippen LogP contribution in [-0.4, -0.2) is 17.6 Å². The molecule has 0 unspecified atom stereocenters. The van der Waals surface area contributed by atoms with Gasteiger partial charge in [0.05, 0.1) is 0 Å². The van der Waals surface area contributed by atoms with E-state index in [0.29, 0.717) is 0 Å². The maximum atomic E-state index is 10.8. The fraction of sp³-hybridized carbons (Fsp3) is 0.562. The Hall–Kier alpha value is -1.51. The van der Waals surface area contributed by atoms with Gasteiger partial charge in [-0.25, -0.2) is 0 Å². The zero-order valence-electron chi connectivity index (χ0n) is 12.8. The highest BCUT2D eigenvalue weighted by atomic mass is 16.4. The predicted molar refractivity (Wildman–Crippen MR) is 80.0 cm³/mol. The van der Waals surface area contributed by atoms with Crippen molar-refractivity contribution in [2.24, 2.45) is 0 Å². The Morgan fingerprint density at radius 3 is 2.11 bits per heavy atom. The summed E-state index contributed by atoms with van der Waals surface area (Å²) in [5.74, 6) is -0.846. The van der Waals surface area contributed by atoms with Crippen LogP contribution in [0.4, 0.5) is 5.69 Å². The Bertz CT molecular complexity index is 465. The largest absolute Gasteiger partial charge is 0.480 e. The molecule has 0 aliphatic heterocycles. The molecule has 1 aromatic rings. The number of carbonyl (C=O) groups is 1. The first-order chi connectivity index (χ1) is 8.51. The molecule has 3 heteroatoms. The third-order valence-electron chi connectivity index (χ3n) is 3.12. The number of hydrogen-bond acceptors (Lipinski definition) is 2. The average Bonchev–Trinajstić information content (AvgIpc) is 2.23. The number of nitrogens with one attached hydrogen (secondary N) is 1. The van der Waals surface area contributed by atoms with Gasteiger partial charge in [-0.2, -0.15) is 0 Å². The molecule has 0 radical (unpaired) electrons. The molecule has 0 saturated carbocycles. The first-order valence-corrected chi connectivity index (χ1v) is 6.62. The molecule has 19 heavy (non-hydrogen) atoms. The SMILES string of the molecule is CC(C)(C)c1ccc(C(C)(C)C)c(NCC(=O)O)c1. The first kappa shape index (κ1) is 15.5. The van der Waals surface area contributed by atoms with Gasteiger partial charge in [-0.3, -0.25) is 4.79 Å². The maximum absolute atomic E-state index is 10.8. The molecule has 1 aromatic carbocycles. The second-order valence-corrected chi connectivity index (χ2v) is 7.01. The molecule has 0 spiro atoms. The zero-order chi connectivity index (χ0) is 14.8. The van der Waals surface area contributed by atoms with Gasteiger partial charge in [0.25, 0.3) is 0 Å². The van der Waals surface area contributed by atoms with Crippen LogP contribution in [0.25, 0.3) is 0 Å². The fourth-order valence-electron chi connectivity index (χ4n) is 1.98. The lowest BCUT2D eigenvalue weighted by molar-refractivity contribution is -0.134. The van der Waals surface area contributed by atoms with Crippen LogP contribution in [-0.2, 0) is 15.6 Å². The number of benzene rings is 1. The van der Waals surface area contributed by atoms with Crippen LogP contribution in [0, 0.1) is 0 Å². The Labute approximate surface area is 116 Å². The standard InChI is InChI=1S/C16H25NO2/c1-15(2,3)11-7-8-12(16(4,5)6)13(9-11)17-10-14(18)19/h7-9,17H,10H2,1-6H3,(H,18,19). The summed E-state index contributed by atoms with van der Waals surface area (Å²) < 4.78 is 0. The number of aliphatic carboxylic acids is 1. The van der Waals surface area contributed by atoms with Crippen molar-refractivity contribution in [3.05, 3.63) is 29.3 Å². The Morgan fingerprint density at radius 1 is 1.11 bits per heavy atom. The summed E-state index contributed by atoms with van der Waals surface area (Å²) in [4.78, 5) is 10.8. The average molecular weight is 263 g/mol. The maximum Gasteiger partial charge on any atom is 0.322 e. The van der Waals surface area contributed by atoms with Gasteiger partial charge in [-0.15, -0.1) is 0 Å². The van der Waals surface area contributed by atoms with E-state index in [1.807, 2.05) is 0 Å². The molecule has 0 aromatic heterocycles. The van der Waals surface area contributed by atoms with Crippen LogP contribution in [0.2, 0.25) is 0 Å². The lowest BCUT2D eigenvalue weighted by atomic mass is 9.81. The number of carboxylic acids is 1. The van der Waals surface area contributed by atoms with E-state index < -0.39 is 5.97 Å². The van der Waals surface area contributed by atoms with Crippen LogP contribution < -0.4 is 5.32 Å². The van der Waals surface area contributed by atoms with E-state index in [2.05, 4.69) is 65.1 Å². The molecular weight excluding hydrogens is 238 g/mol. The minimum absolute atomic E-state index is 0.0166. The Balaban J connectivity index is 3.22. The quantitative estimate of drug-likeness (QED) is 0.872. The summed E-state index contributed by atoms with van der Waals surface area (Å²) in [5, 5.41) is 11.9. The lowest BCUT2D eigenvalue weighted by Crippen LogP contribution is -2.20. The van der Waals surface area contributed by atoms with Crippen molar-refractivity contribution in [3.8, 4) is 0 Å². The van der Waals surface area contributed by atoms with Gasteiger partial charge in [0.15, 0.2) is 0 Å². The third-order valence-corrected chi connectivity index (χ3v) is 3.12. The van der Waals surface area contributed by atoms with Crippen LogP contribution in [0.3, 0.4) is 0 Å². The van der Waals surface area contributed by atoms with Gasteiger partial charge in [0.1, 0.15) is 6.54 Å². The monoisotopic (exact) mass is 263 g/mol. The minimum atomic E-state index is -0.846. The lowest BCUT2D eigenvalue weighted by Gasteiger charge is -2.27. The number of carboxylic acid groups (broad SMARTS) is 1. The molecule has 0 heterocycles. The summed E-state index contributed by atoms with van der Waals surface area (Å²) >= 11 is 0. The molecule has 0 aliphatic rings. The van der Waals surface area contributed by atoms with Crippen molar-refractivity contribution in [2.45, 2.75) is 52.4 Å². The van der Waals surface area contributed by atoms with E-state index in [4.69, 9.17) is 5.11 Å². The number of anilines is 1. The topological polar surface area (TPSA) is 49.3 Å². The summed E-state index contributed by atoms with van der Waals surface area (Å²) in [7, 11) is 0. The van der Waals surface area contributed by atoms with E-state index in [-0.39, 0.29) is 17.4 Å². The highest BCUT2D eigenvalue weighted by Gasteiger charge is 2.21. The van der Waals surface area contributed by atoms with Gasteiger partial charge in [-0.05, 0) is 28.0 Å². The van der Waals surface area contributed by atoms with Crippen molar-refractivity contribution < 1.29 is 9.90 Å². The van der Waals surface area contributed by atoms with Crippen LogP contribution in [0.15, 0.2) is 18.2 Å². The smallest absolute Gasteiger partial charge is 0.322 e. The zero-order valence-corrected chi connectivity index (χ0v) is 12.8. The van der Waals surface area contributed by atoms with Crippen LogP contribution >= 0.6 is 0 Å². The highest BCUT2D eigenvalue weighted by Crippen LogP contribution is 2.33. The van der Waals surface area contributed by atoms with Crippen molar-refractivity contribution in [1.82, 2.24) is 0 Å². The molecule has 0 aliphatic carbocycles. The molecule has 0 bridgehead atoms. The Kier molecular flexibility index (Phi) is 4.28. The van der Waals surface area contributed by atoms with Crippen molar-refractivity contribution in [1.29, 1.82) is 0 Å². The minimum Gasteiger partial charge on any atom is -0.480 e. The van der Waals surface area contributed by atoms with Crippen LogP contribution in [0.1, 0.15) is 52.7 Å². The van der Waals surface area contributed by atoms with E-state index in [1.54, 1.807) is 0 Å². The van der Waals surface area contributed by atoms with Gasteiger partial charge < -0.3 is 10.4 Å². The Morgan fingerprint density at radius 2 is 1.68 bits per heavy atom. The van der Waals surface area contributed by atoms with Crippen molar-refractivity contribution >= 4 is 11.7 Å². The van der Waals surface area contributed by atoms with Gasteiger partial charge >= 0.3 is 5.97 Å². The fourth-order valence-corrected chi connectivity index (χ4v) is 1.98. The molecule has 106 valence electrons. The van der Waals surface area contributed by atoms with E-state index in [9.17, 15) is 4.79 Å². The van der Waals surface area contributed by atoms with Crippen molar-refractivity contribution in [2.75, 3.05) is 11.9 Å². The summed E-state index contributed by atoms with van der Waals surface area (Å²) in [6.45, 7) is 12.8. The normalized spacial score (nSPS) is 12.3. The van der Waals surface area contributed by atoms with Crippen LogP contribution in [0.5, 0.6) is 0 Å². The number of rotatable bonds is 3. The molecular formula is C16H25NO2. The molecule has 0 amide bonds. The molecule has 0 atom stereocenters. The van der Waals surface area contributed by atoms with E-state index in [0.717, 1.165) is 11.3 Å². The molecule has 2 N–H and O–H groups in total. The third kappa shape index (κ3) is 4.27. The second kappa shape index (κ2) is 5.24. The van der Waals surface area contributed by atoms with Gasteiger partial charge in [-0.1, -0.05) is 53.7 Å². The second-order valence-electron chi connectivity index (χ2n) is 7.01. The molecule has 1 rings (SSSR count).